The lowest BCUT2D eigenvalue weighted by Crippen LogP contribution is -2.32. The van der Waals surface area contributed by atoms with E-state index in [9.17, 15) is 4.79 Å². The van der Waals surface area contributed by atoms with Crippen LogP contribution < -0.4 is 5.32 Å². The topological polar surface area (TPSA) is 29.1 Å². The molecule has 1 aromatic rings. The van der Waals surface area contributed by atoms with E-state index in [-0.39, 0.29) is 5.91 Å². The maximum absolute atomic E-state index is 12.0. The minimum absolute atomic E-state index is 0.0461. The van der Waals surface area contributed by atoms with Crippen molar-refractivity contribution in [3.8, 4) is 0 Å². The third-order valence-corrected chi connectivity index (χ3v) is 4.93. The van der Waals surface area contributed by atoms with Crippen molar-refractivity contribution in [3.63, 3.8) is 0 Å². The van der Waals surface area contributed by atoms with Crippen LogP contribution in [0.5, 0.6) is 0 Å². The molecule has 1 N–H and O–H groups in total. The fraction of sp³-hybridized carbons (Fsp3) is 0.533. The fourth-order valence-electron chi connectivity index (χ4n) is 2.05. The Labute approximate surface area is 129 Å². The van der Waals surface area contributed by atoms with Gasteiger partial charge in [0.2, 0.25) is 0 Å². The van der Waals surface area contributed by atoms with Crippen molar-refractivity contribution in [2.24, 2.45) is 5.92 Å². The predicted molar refractivity (Wildman–Crippen MR) is 85.3 cm³/mol. The Balaban J connectivity index is 2.58. The second kappa shape index (κ2) is 7.91. The van der Waals surface area contributed by atoms with Gasteiger partial charge in [-0.15, -0.1) is 0 Å². The normalized spacial score (nSPS) is 12.5. The molecule has 19 heavy (non-hydrogen) atoms. The van der Waals surface area contributed by atoms with E-state index in [1.807, 2.05) is 13.0 Å². The highest BCUT2D eigenvalue weighted by atomic mass is 79.9. The summed E-state index contributed by atoms with van der Waals surface area (Å²) in [7, 11) is 0. The van der Waals surface area contributed by atoms with E-state index in [0.717, 1.165) is 18.4 Å². The lowest BCUT2D eigenvalue weighted by molar-refractivity contribution is 0.0952. The number of carbonyl (C=O) groups is 1. The van der Waals surface area contributed by atoms with Crippen molar-refractivity contribution in [1.29, 1.82) is 0 Å². The summed E-state index contributed by atoms with van der Waals surface area (Å²) in [5.74, 6) is 0.544. The number of nitrogens with one attached hydrogen (secondary N) is 1. The van der Waals surface area contributed by atoms with Crippen LogP contribution in [-0.4, -0.2) is 17.3 Å². The van der Waals surface area contributed by atoms with Crippen LogP contribution in [0.4, 0.5) is 0 Å². The van der Waals surface area contributed by atoms with E-state index in [1.165, 1.54) is 0 Å². The average Bonchev–Trinajstić information content (AvgIpc) is 2.40. The number of halogens is 2. The summed E-state index contributed by atoms with van der Waals surface area (Å²) in [6, 6.07) is 5.33. The quantitative estimate of drug-likeness (QED) is 0.751. The molecule has 0 spiro atoms. The second-order valence-corrected chi connectivity index (χ2v) is 6.35. The van der Waals surface area contributed by atoms with Gasteiger partial charge in [0.1, 0.15) is 0 Å². The van der Waals surface area contributed by atoms with Crippen LogP contribution in [0.3, 0.4) is 0 Å². The molecule has 0 radical (unpaired) electrons. The van der Waals surface area contributed by atoms with Crippen molar-refractivity contribution >= 4 is 33.4 Å². The monoisotopic (exact) mass is 345 g/mol. The lowest BCUT2D eigenvalue weighted by atomic mass is 9.99. The zero-order valence-corrected chi connectivity index (χ0v) is 14.0. The summed E-state index contributed by atoms with van der Waals surface area (Å²) < 4.78 is 0. The van der Waals surface area contributed by atoms with Crippen molar-refractivity contribution in [2.75, 3.05) is 6.54 Å². The van der Waals surface area contributed by atoms with E-state index in [0.29, 0.717) is 27.9 Å². The third kappa shape index (κ3) is 4.81. The van der Waals surface area contributed by atoms with Crippen molar-refractivity contribution in [2.45, 2.75) is 38.4 Å². The van der Waals surface area contributed by atoms with Crippen LogP contribution in [-0.2, 0) is 0 Å². The molecule has 0 saturated heterocycles. The summed E-state index contributed by atoms with van der Waals surface area (Å²) in [5.41, 5.74) is 1.58. The molecule has 1 amide bonds. The van der Waals surface area contributed by atoms with Gasteiger partial charge in [-0.3, -0.25) is 4.79 Å². The number of benzene rings is 1. The molecule has 1 rings (SSSR count). The van der Waals surface area contributed by atoms with Gasteiger partial charge in [-0.25, -0.2) is 0 Å². The van der Waals surface area contributed by atoms with Gasteiger partial charge >= 0.3 is 0 Å². The van der Waals surface area contributed by atoms with Crippen molar-refractivity contribution in [1.82, 2.24) is 5.32 Å². The first kappa shape index (κ1) is 16.5. The first-order valence-corrected chi connectivity index (χ1v) is 7.97. The van der Waals surface area contributed by atoms with Crippen LogP contribution in [0.1, 0.15) is 42.6 Å². The summed E-state index contributed by atoms with van der Waals surface area (Å²) in [6.07, 6.45) is 2.23. The van der Waals surface area contributed by atoms with E-state index in [1.54, 1.807) is 12.1 Å². The van der Waals surface area contributed by atoms with Gasteiger partial charge in [-0.1, -0.05) is 54.2 Å². The molecule has 1 unspecified atom stereocenters. The molecular formula is C15H21BrClNO. The number of hydrogen-bond donors (Lipinski definition) is 1. The van der Waals surface area contributed by atoms with Crippen LogP contribution in [0.15, 0.2) is 18.2 Å². The summed E-state index contributed by atoms with van der Waals surface area (Å²) in [6.45, 7) is 6.89. The van der Waals surface area contributed by atoms with E-state index < -0.39 is 0 Å². The average molecular weight is 347 g/mol. The van der Waals surface area contributed by atoms with E-state index in [4.69, 9.17) is 11.6 Å². The Bertz CT molecular complexity index is 432. The van der Waals surface area contributed by atoms with Crippen molar-refractivity contribution < 1.29 is 4.79 Å². The molecule has 0 saturated carbocycles. The number of rotatable bonds is 6. The predicted octanol–water partition coefficient (Wildman–Crippen LogP) is 4.58. The Kier molecular flexibility index (Phi) is 6.87. The maximum Gasteiger partial charge on any atom is 0.251 e. The van der Waals surface area contributed by atoms with Crippen LogP contribution in [0, 0.1) is 12.8 Å². The second-order valence-electron chi connectivity index (χ2n) is 4.77. The molecule has 0 bridgehead atoms. The van der Waals surface area contributed by atoms with Gasteiger partial charge in [0.25, 0.3) is 5.91 Å². The van der Waals surface area contributed by atoms with Gasteiger partial charge in [-0.05, 0) is 36.6 Å². The van der Waals surface area contributed by atoms with Gasteiger partial charge in [-0.2, -0.15) is 0 Å². The molecular weight excluding hydrogens is 326 g/mol. The largest absolute Gasteiger partial charge is 0.351 e. The molecule has 1 aromatic carbocycles. The van der Waals surface area contributed by atoms with Crippen molar-refractivity contribution in [3.05, 3.63) is 34.3 Å². The third-order valence-electron chi connectivity index (χ3n) is 3.44. The Morgan fingerprint density at radius 2 is 2.00 bits per heavy atom. The van der Waals surface area contributed by atoms with E-state index in [2.05, 4.69) is 35.1 Å². The molecule has 0 aliphatic carbocycles. The number of alkyl halides is 1. The summed E-state index contributed by atoms with van der Waals surface area (Å²) in [4.78, 5) is 12.4. The molecule has 0 heterocycles. The molecule has 4 heteroatoms. The molecule has 2 nitrogen and oxygen atoms in total. The number of carbonyl (C=O) groups excluding carboxylic acids is 1. The Hall–Kier alpha value is -0.540. The summed E-state index contributed by atoms with van der Waals surface area (Å²) in [5, 5.41) is 3.65. The zero-order chi connectivity index (χ0) is 14.4. The zero-order valence-electron chi connectivity index (χ0n) is 11.7. The molecule has 0 aliphatic heterocycles. The minimum atomic E-state index is -0.0461. The standard InChI is InChI=1S/C15H21BrClNO/c1-4-11(5-2)13(16)9-18-15(19)12-6-7-14(17)10(3)8-12/h6-8,11,13H,4-5,9H2,1-3H3,(H,18,19). The van der Waals surface area contributed by atoms with Crippen LogP contribution in [0.25, 0.3) is 0 Å². The highest BCUT2D eigenvalue weighted by Crippen LogP contribution is 2.20. The minimum Gasteiger partial charge on any atom is -0.351 e. The first-order chi connectivity index (χ1) is 8.99. The maximum atomic E-state index is 12.0. The van der Waals surface area contributed by atoms with Crippen LogP contribution in [0.2, 0.25) is 5.02 Å². The highest BCUT2D eigenvalue weighted by molar-refractivity contribution is 9.09. The van der Waals surface area contributed by atoms with Gasteiger partial charge in [0.15, 0.2) is 0 Å². The molecule has 0 aliphatic rings. The smallest absolute Gasteiger partial charge is 0.251 e. The number of hydrogen-bond acceptors (Lipinski definition) is 1. The molecule has 106 valence electrons. The number of amides is 1. The number of aryl methyl sites for hydroxylation is 1. The van der Waals surface area contributed by atoms with E-state index >= 15 is 0 Å². The molecule has 0 fully saturated rings. The highest BCUT2D eigenvalue weighted by Gasteiger charge is 2.16. The molecule has 1 atom stereocenters. The Morgan fingerprint density at radius 1 is 1.37 bits per heavy atom. The van der Waals surface area contributed by atoms with Gasteiger partial charge in [0.05, 0.1) is 0 Å². The first-order valence-electron chi connectivity index (χ1n) is 6.68. The fourth-order valence-corrected chi connectivity index (χ4v) is 3.07. The SMILES string of the molecule is CCC(CC)C(Br)CNC(=O)c1ccc(Cl)c(C)c1. The Morgan fingerprint density at radius 3 is 2.53 bits per heavy atom. The summed E-state index contributed by atoms with van der Waals surface area (Å²) >= 11 is 9.61. The van der Waals surface area contributed by atoms with Gasteiger partial charge in [0, 0.05) is 22.0 Å². The molecule has 0 aromatic heterocycles. The van der Waals surface area contributed by atoms with Gasteiger partial charge < -0.3 is 5.32 Å². The lowest BCUT2D eigenvalue weighted by Gasteiger charge is -2.20. The van der Waals surface area contributed by atoms with Crippen LogP contribution >= 0.6 is 27.5 Å².